The first kappa shape index (κ1) is 13.5. The lowest BCUT2D eigenvalue weighted by atomic mass is 10.0. The first-order chi connectivity index (χ1) is 10.3. The Morgan fingerprint density at radius 3 is 2.67 bits per heavy atom. The Bertz CT molecular complexity index is 660. The third-order valence-corrected chi connectivity index (χ3v) is 4.79. The molecule has 4 nitrogen and oxygen atoms in total. The molecular weight excluding hydrogens is 332 g/mol. The molecule has 110 valence electrons. The Hall–Kier alpha value is -1.17. The van der Waals surface area contributed by atoms with Crippen molar-refractivity contribution in [3.63, 3.8) is 0 Å². The zero-order chi connectivity index (χ0) is 14.3. The average Bonchev–Trinajstić information content (AvgIpc) is 2.95. The summed E-state index contributed by atoms with van der Waals surface area (Å²) in [6, 6.07) is 8.35. The number of halogens is 1. The molecule has 0 saturated carbocycles. The second-order valence-electron chi connectivity index (χ2n) is 5.59. The van der Waals surface area contributed by atoms with Crippen LogP contribution in [-0.4, -0.2) is 37.1 Å². The summed E-state index contributed by atoms with van der Waals surface area (Å²) in [4.78, 5) is 6.95. The van der Waals surface area contributed by atoms with Crippen LogP contribution in [0, 0.1) is 0 Å². The normalized spacial score (nSPS) is 21.3. The molecule has 0 unspecified atom stereocenters. The maximum Gasteiger partial charge on any atom is 0.171 e. The van der Waals surface area contributed by atoms with E-state index in [4.69, 9.17) is 9.47 Å². The molecule has 0 aliphatic carbocycles. The third-order valence-electron chi connectivity index (χ3n) is 4.33. The molecule has 3 heterocycles. The maximum atomic E-state index is 5.80. The minimum Gasteiger partial charge on any atom is -0.369 e. The summed E-state index contributed by atoms with van der Waals surface area (Å²) in [7, 11) is 0. The second-order valence-corrected chi connectivity index (χ2v) is 6.51. The molecule has 0 bridgehead atoms. The van der Waals surface area contributed by atoms with Crippen LogP contribution in [0.3, 0.4) is 0 Å². The van der Waals surface area contributed by atoms with Crippen LogP contribution in [0.15, 0.2) is 34.9 Å². The van der Waals surface area contributed by atoms with E-state index in [9.17, 15) is 0 Å². The van der Waals surface area contributed by atoms with Gasteiger partial charge in [0.15, 0.2) is 5.79 Å². The summed E-state index contributed by atoms with van der Waals surface area (Å²) in [5, 5.41) is 1.16. The van der Waals surface area contributed by atoms with Crippen molar-refractivity contribution in [3.05, 3.63) is 34.9 Å². The van der Waals surface area contributed by atoms with Gasteiger partial charge in [-0.3, -0.25) is 4.98 Å². The number of ether oxygens (including phenoxy) is 2. The van der Waals surface area contributed by atoms with Gasteiger partial charge in [0.25, 0.3) is 0 Å². The fourth-order valence-electron chi connectivity index (χ4n) is 3.25. The van der Waals surface area contributed by atoms with Gasteiger partial charge in [-0.2, -0.15) is 0 Å². The summed E-state index contributed by atoms with van der Waals surface area (Å²) >= 11 is 3.61. The smallest absolute Gasteiger partial charge is 0.171 e. The molecule has 1 spiro atoms. The quantitative estimate of drug-likeness (QED) is 0.791. The predicted octanol–water partition coefficient (Wildman–Crippen LogP) is 3.34. The van der Waals surface area contributed by atoms with Gasteiger partial charge in [-0.25, -0.2) is 0 Å². The number of hydrogen-bond acceptors (Lipinski definition) is 4. The molecule has 2 aromatic rings. The van der Waals surface area contributed by atoms with Gasteiger partial charge in [0, 0.05) is 42.0 Å². The molecule has 0 amide bonds. The predicted molar refractivity (Wildman–Crippen MR) is 85.5 cm³/mol. The monoisotopic (exact) mass is 348 g/mol. The van der Waals surface area contributed by atoms with E-state index in [1.54, 1.807) is 0 Å². The van der Waals surface area contributed by atoms with Crippen LogP contribution < -0.4 is 4.90 Å². The Labute approximate surface area is 132 Å². The summed E-state index contributed by atoms with van der Waals surface area (Å²) in [5.74, 6) is -0.328. The van der Waals surface area contributed by atoms with Crippen molar-refractivity contribution < 1.29 is 9.47 Å². The largest absolute Gasteiger partial charge is 0.369 e. The topological polar surface area (TPSA) is 34.6 Å². The summed E-state index contributed by atoms with van der Waals surface area (Å²) in [6.07, 6.45) is 3.68. The molecule has 1 aromatic carbocycles. The van der Waals surface area contributed by atoms with E-state index in [1.807, 2.05) is 12.3 Å². The van der Waals surface area contributed by atoms with E-state index in [0.717, 1.165) is 54.5 Å². The highest BCUT2D eigenvalue weighted by molar-refractivity contribution is 9.10. The highest BCUT2D eigenvalue weighted by Crippen LogP contribution is 2.36. The van der Waals surface area contributed by atoms with Crippen molar-refractivity contribution in [3.8, 4) is 0 Å². The van der Waals surface area contributed by atoms with E-state index in [1.165, 1.54) is 5.69 Å². The summed E-state index contributed by atoms with van der Waals surface area (Å²) in [5.41, 5.74) is 2.25. The van der Waals surface area contributed by atoms with Gasteiger partial charge in [0.1, 0.15) is 0 Å². The Morgan fingerprint density at radius 1 is 1.14 bits per heavy atom. The van der Waals surface area contributed by atoms with Gasteiger partial charge in [-0.05, 0) is 18.2 Å². The molecule has 2 aliphatic heterocycles. The zero-order valence-corrected chi connectivity index (χ0v) is 13.3. The van der Waals surface area contributed by atoms with Crippen LogP contribution in [0.5, 0.6) is 0 Å². The van der Waals surface area contributed by atoms with Crippen LogP contribution in [0.25, 0.3) is 10.9 Å². The summed E-state index contributed by atoms with van der Waals surface area (Å²) in [6.45, 7) is 3.31. The number of aromatic nitrogens is 1. The van der Waals surface area contributed by atoms with Gasteiger partial charge in [0.2, 0.25) is 0 Å². The number of hydrogen-bond donors (Lipinski definition) is 0. The third kappa shape index (κ3) is 2.43. The SMILES string of the molecule is Brc1cc(N2CCC3(CC2)OCCO3)c2ncccc2c1. The first-order valence-electron chi connectivity index (χ1n) is 7.33. The molecule has 0 N–H and O–H groups in total. The lowest BCUT2D eigenvalue weighted by molar-refractivity contribution is -0.169. The Balaban J connectivity index is 1.65. The Kier molecular flexibility index (Phi) is 3.36. The van der Waals surface area contributed by atoms with E-state index >= 15 is 0 Å². The molecule has 2 saturated heterocycles. The van der Waals surface area contributed by atoms with Crippen molar-refractivity contribution in [2.45, 2.75) is 18.6 Å². The maximum absolute atomic E-state index is 5.80. The van der Waals surface area contributed by atoms with Crippen LogP contribution in [0.4, 0.5) is 5.69 Å². The summed E-state index contributed by atoms with van der Waals surface area (Å²) < 4.78 is 12.7. The van der Waals surface area contributed by atoms with Gasteiger partial charge < -0.3 is 14.4 Å². The van der Waals surface area contributed by atoms with Crippen molar-refractivity contribution in [2.75, 3.05) is 31.2 Å². The van der Waals surface area contributed by atoms with Crippen LogP contribution >= 0.6 is 15.9 Å². The average molecular weight is 349 g/mol. The van der Waals surface area contributed by atoms with Crippen molar-refractivity contribution in [2.24, 2.45) is 0 Å². The molecule has 0 atom stereocenters. The molecule has 21 heavy (non-hydrogen) atoms. The van der Waals surface area contributed by atoms with E-state index < -0.39 is 0 Å². The van der Waals surface area contributed by atoms with Crippen LogP contribution in [0.1, 0.15) is 12.8 Å². The first-order valence-corrected chi connectivity index (χ1v) is 8.12. The fourth-order valence-corrected chi connectivity index (χ4v) is 3.72. The number of nitrogens with zero attached hydrogens (tertiary/aromatic N) is 2. The van der Waals surface area contributed by atoms with Crippen molar-refractivity contribution >= 4 is 32.5 Å². The number of fused-ring (bicyclic) bond motifs is 1. The number of anilines is 1. The minimum atomic E-state index is -0.328. The lowest BCUT2D eigenvalue weighted by Gasteiger charge is -2.39. The molecular formula is C16H17BrN2O2. The lowest BCUT2D eigenvalue weighted by Crippen LogP contribution is -2.45. The number of piperidine rings is 1. The molecule has 5 heteroatoms. The van der Waals surface area contributed by atoms with E-state index in [2.05, 4.69) is 44.0 Å². The number of benzene rings is 1. The van der Waals surface area contributed by atoms with Gasteiger partial charge in [0.05, 0.1) is 24.4 Å². The molecule has 2 aliphatic rings. The van der Waals surface area contributed by atoms with Gasteiger partial charge in [-0.1, -0.05) is 22.0 Å². The van der Waals surface area contributed by atoms with E-state index in [-0.39, 0.29) is 5.79 Å². The number of pyridine rings is 1. The molecule has 2 fully saturated rings. The Morgan fingerprint density at radius 2 is 1.90 bits per heavy atom. The van der Waals surface area contributed by atoms with Crippen molar-refractivity contribution in [1.29, 1.82) is 0 Å². The highest BCUT2D eigenvalue weighted by Gasteiger charge is 2.40. The van der Waals surface area contributed by atoms with Gasteiger partial charge in [-0.15, -0.1) is 0 Å². The standard InChI is InChI=1S/C16H17BrN2O2/c17-13-10-12-2-1-5-18-15(12)14(11-13)19-6-3-16(4-7-19)20-8-9-21-16/h1-2,5,10-11H,3-4,6-9H2. The zero-order valence-electron chi connectivity index (χ0n) is 11.7. The minimum absolute atomic E-state index is 0.328. The highest BCUT2D eigenvalue weighted by atomic mass is 79.9. The van der Waals surface area contributed by atoms with Crippen molar-refractivity contribution in [1.82, 2.24) is 4.98 Å². The second kappa shape index (κ2) is 5.23. The molecule has 0 radical (unpaired) electrons. The van der Waals surface area contributed by atoms with Crippen LogP contribution in [0.2, 0.25) is 0 Å². The van der Waals surface area contributed by atoms with Gasteiger partial charge >= 0.3 is 0 Å². The molecule has 4 rings (SSSR count). The fraction of sp³-hybridized carbons (Fsp3) is 0.438. The van der Waals surface area contributed by atoms with E-state index in [0.29, 0.717) is 0 Å². The molecule has 1 aromatic heterocycles. The van der Waals surface area contributed by atoms with Crippen LogP contribution in [-0.2, 0) is 9.47 Å². The number of rotatable bonds is 1.